The van der Waals surface area contributed by atoms with Crippen molar-refractivity contribution in [3.05, 3.63) is 30.3 Å². The molecule has 0 radical (unpaired) electrons. The number of likely N-dealkylation sites (N-methyl/N-ethyl adjacent to an activating group) is 1. The molecule has 3 heterocycles. The number of nitrogens with zero attached hydrogens (tertiary/aromatic N) is 3. The second kappa shape index (κ2) is 7.74. The summed E-state index contributed by atoms with van der Waals surface area (Å²) in [4.78, 5) is 17.4. The molecule has 3 saturated heterocycles. The van der Waals surface area contributed by atoms with Gasteiger partial charge in [0.15, 0.2) is 0 Å². The topological polar surface area (TPSA) is 70.2 Å². The average Bonchev–Trinajstić information content (AvgIpc) is 3.04. The van der Waals surface area contributed by atoms with Gasteiger partial charge < -0.3 is 9.64 Å². The summed E-state index contributed by atoms with van der Waals surface area (Å²) in [5.41, 5.74) is 0.0318. The van der Waals surface area contributed by atoms with Crippen molar-refractivity contribution >= 4 is 15.9 Å². The van der Waals surface area contributed by atoms with Crippen LogP contribution in [0.5, 0.6) is 0 Å². The van der Waals surface area contributed by atoms with Crippen LogP contribution in [0.1, 0.15) is 19.3 Å². The highest BCUT2D eigenvalue weighted by Crippen LogP contribution is 2.44. The molecule has 3 aliphatic heterocycles. The first kappa shape index (κ1) is 19.8. The number of amides is 1. The second-order valence-corrected chi connectivity index (χ2v) is 10.2. The van der Waals surface area contributed by atoms with E-state index in [1.54, 1.807) is 28.6 Å². The zero-order chi connectivity index (χ0) is 19.8. The van der Waals surface area contributed by atoms with Crippen LogP contribution < -0.4 is 0 Å². The molecule has 28 heavy (non-hydrogen) atoms. The number of benzene rings is 1. The van der Waals surface area contributed by atoms with E-state index in [1.165, 1.54) is 0 Å². The summed E-state index contributed by atoms with van der Waals surface area (Å²) < 4.78 is 32.7. The highest BCUT2D eigenvalue weighted by atomic mass is 32.2. The lowest BCUT2D eigenvalue weighted by Crippen LogP contribution is -2.48. The first-order chi connectivity index (χ1) is 13.4. The fraction of sp³-hybridized carbons (Fsp3) is 0.650. The lowest BCUT2D eigenvalue weighted by molar-refractivity contribution is -0.139. The first-order valence-electron chi connectivity index (χ1n) is 10.0. The number of sulfonamides is 1. The average molecular weight is 408 g/mol. The van der Waals surface area contributed by atoms with E-state index in [9.17, 15) is 13.2 Å². The largest absolute Gasteiger partial charge is 0.378 e. The van der Waals surface area contributed by atoms with Crippen LogP contribution >= 0.6 is 0 Å². The Morgan fingerprint density at radius 3 is 2.36 bits per heavy atom. The van der Waals surface area contributed by atoms with E-state index in [1.807, 2.05) is 18.0 Å². The van der Waals surface area contributed by atoms with E-state index in [0.29, 0.717) is 44.3 Å². The van der Waals surface area contributed by atoms with Crippen molar-refractivity contribution in [2.45, 2.75) is 30.2 Å². The molecule has 1 spiro atoms. The fourth-order valence-electron chi connectivity index (χ4n) is 4.84. The minimum atomic E-state index is -3.44. The number of piperidine rings is 1. The molecule has 1 unspecified atom stereocenters. The third-order valence-corrected chi connectivity index (χ3v) is 8.43. The molecule has 3 fully saturated rings. The van der Waals surface area contributed by atoms with Gasteiger partial charge >= 0.3 is 0 Å². The SMILES string of the molecule is CN1CC2(CCN(S(=O)(=O)c3ccccc3)CC2)CC1C(=O)N1CCOCC1. The molecule has 1 aromatic rings. The summed E-state index contributed by atoms with van der Waals surface area (Å²) in [6, 6.07) is 8.54. The predicted octanol–water partition coefficient (Wildman–Crippen LogP) is 1.02. The number of carbonyl (C=O) groups is 1. The normalized spacial score (nSPS) is 26.6. The number of rotatable bonds is 3. The molecule has 3 aliphatic rings. The van der Waals surface area contributed by atoms with Crippen molar-refractivity contribution in [1.82, 2.24) is 14.1 Å². The molecule has 0 aliphatic carbocycles. The Hall–Kier alpha value is -1.48. The van der Waals surface area contributed by atoms with Gasteiger partial charge in [-0.05, 0) is 43.9 Å². The Labute approximate surface area is 167 Å². The smallest absolute Gasteiger partial charge is 0.243 e. The summed E-state index contributed by atoms with van der Waals surface area (Å²) >= 11 is 0. The first-order valence-corrected chi connectivity index (χ1v) is 11.5. The van der Waals surface area contributed by atoms with Crippen molar-refractivity contribution in [2.24, 2.45) is 5.41 Å². The molecule has 154 valence electrons. The van der Waals surface area contributed by atoms with Gasteiger partial charge in [-0.2, -0.15) is 4.31 Å². The molecule has 8 heteroatoms. The van der Waals surface area contributed by atoms with Gasteiger partial charge in [-0.15, -0.1) is 0 Å². The summed E-state index contributed by atoms with van der Waals surface area (Å²) in [5.74, 6) is 0.196. The zero-order valence-corrected chi connectivity index (χ0v) is 17.2. The maximum Gasteiger partial charge on any atom is 0.243 e. The minimum Gasteiger partial charge on any atom is -0.378 e. The second-order valence-electron chi connectivity index (χ2n) is 8.29. The molecule has 0 aromatic heterocycles. The summed E-state index contributed by atoms with van der Waals surface area (Å²) in [6.45, 7) is 4.44. The molecule has 4 rings (SSSR count). The summed E-state index contributed by atoms with van der Waals surface area (Å²) in [7, 11) is -1.42. The van der Waals surface area contributed by atoms with Gasteiger partial charge in [0.1, 0.15) is 0 Å². The lowest BCUT2D eigenvalue weighted by Gasteiger charge is -2.38. The maximum atomic E-state index is 13.0. The van der Waals surface area contributed by atoms with Crippen molar-refractivity contribution in [1.29, 1.82) is 0 Å². The monoisotopic (exact) mass is 407 g/mol. The Bertz CT molecular complexity index is 800. The molecule has 1 amide bonds. The van der Waals surface area contributed by atoms with E-state index >= 15 is 0 Å². The highest BCUT2D eigenvalue weighted by Gasteiger charge is 2.48. The Morgan fingerprint density at radius 1 is 1.07 bits per heavy atom. The van der Waals surface area contributed by atoms with Crippen LogP contribution in [0.15, 0.2) is 35.2 Å². The van der Waals surface area contributed by atoms with Crippen LogP contribution in [0, 0.1) is 5.41 Å². The van der Waals surface area contributed by atoms with Crippen LogP contribution in [0.25, 0.3) is 0 Å². The van der Waals surface area contributed by atoms with Crippen LogP contribution in [0.4, 0.5) is 0 Å². The zero-order valence-electron chi connectivity index (χ0n) is 16.4. The predicted molar refractivity (Wildman–Crippen MR) is 105 cm³/mol. The fourth-order valence-corrected chi connectivity index (χ4v) is 6.31. The number of likely N-dealkylation sites (tertiary alicyclic amines) is 1. The molecule has 1 atom stereocenters. The molecule has 0 saturated carbocycles. The number of hydrogen-bond acceptors (Lipinski definition) is 5. The number of morpholine rings is 1. The van der Waals surface area contributed by atoms with E-state index in [4.69, 9.17) is 4.74 Å². The van der Waals surface area contributed by atoms with Gasteiger partial charge in [0.05, 0.1) is 24.2 Å². The van der Waals surface area contributed by atoms with Crippen molar-refractivity contribution in [2.75, 3.05) is 53.0 Å². The highest BCUT2D eigenvalue weighted by molar-refractivity contribution is 7.89. The maximum absolute atomic E-state index is 13.0. The number of carbonyl (C=O) groups excluding carboxylic acids is 1. The van der Waals surface area contributed by atoms with Gasteiger partial charge in [0, 0.05) is 32.7 Å². The van der Waals surface area contributed by atoms with Crippen LogP contribution in [0.2, 0.25) is 0 Å². The van der Waals surface area contributed by atoms with Crippen LogP contribution in [0.3, 0.4) is 0 Å². The van der Waals surface area contributed by atoms with Gasteiger partial charge in [-0.3, -0.25) is 9.69 Å². The quantitative estimate of drug-likeness (QED) is 0.748. The molecule has 0 N–H and O–H groups in total. The van der Waals surface area contributed by atoms with Crippen molar-refractivity contribution in [3.8, 4) is 0 Å². The Kier molecular flexibility index (Phi) is 5.48. The van der Waals surface area contributed by atoms with Gasteiger partial charge in [-0.25, -0.2) is 8.42 Å². The van der Waals surface area contributed by atoms with Crippen molar-refractivity contribution < 1.29 is 17.9 Å². The van der Waals surface area contributed by atoms with E-state index in [2.05, 4.69) is 4.90 Å². The number of ether oxygens (including phenoxy) is 1. The van der Waals surface area contributed by atoms with Crippen LogP contribution in [-0.4, -0.2) is 87.5 Å². The standard InChI is InChI=1S/C20H29N3O4S/c1-21-16-20(15-18(21)19(24)22-11-13-27-14-12-22)7-9-23(10-8-20)28(25,26)17-5-3-2-4-6-17/h2-6,18H,7-16H2,1H3. The van der Waals surface area contributed by atoms with Gasteiger partial charge in [0.2, 0.25) is 15.9 Å². The molecule has 1 aromatic carbocycles. The van der Waals surface area contributed by atoms with E-state index in [-0.39, 0.29) is 17.4 Å². The molecule has 0 bridgehead atoms. The molecular weight excluding hydrogens is 378 g/mol. The molecular formula is C20H29N3O4S. The third-order valence-electron chi connectivity index (χ3n) is 6.52. The van der Waals surface area contributed by atoms with Crippen molar-refractivity contribution in [3.63, 3.8) is 0 Å². The van der Waals surface area contributed by atoms with Gasteiger partial charge in [0.25, 0.3) is 0 Å². The summed E-state index contributed by atoms with van der Waals surface area (Å²) in [6.07, 6.45) is 2.42. The van der Waals surface area contributed by atoms with Gasteiger partial charge in [-0.1, -0.05) is 18.2 Å². The minimum absolute atomic E-state index is 0.0318. The summed E-state index contributed by atoms with van der Waals surface area (Å²) in [5, 5.41) is 0. The molecule has 7 nitrogen and oxygen atoms in total. The van der Waals surface area contributed by atoms with Crippen LogP contribution in [-0.2, 0) is 19.6 Å². The van der Waals surface area contributed by atoms with E-state index < -0.39 is 10.0 Å². The van der Waals surface area contributed by atoms with E-state index in [0.717, 1.165) is 25.8 Å². The Balaban J connectivity index is 1.41. The third kappa shape index (κ3) is 3.70. The lowest BCUT2D eigenvalue weighted by atomic mass is 9.77. The number of hydrogen-bond donors (Lipinski definition) is 0. The Morgan fingerprint density at radius 2 is 1.71 bits per heavy atom.